The van der Waals surface area contributed by atoms with Gasteiger partial charge in [0.05, 0.1) is 25.4 Å². The van der Waals surface area contributed by atoms with Gasteiger partial charge in [-0.15, -0.1) is 0 Å². The van der Waals surface area contributed by atoms with E-state index in [9.17, 15) is 19.8 Å². The highest BCUT2D eigenvalue weighted by Crippen LogP contribution is 2.20. The Morgan fingerprint density at radius 3 is 0.899 bits per heavy atom. The molecule has 0 fully saturated rings. The Labute approximate surface area is 495 Å². The summed E-state index contributed by atoms with van der Waals surface area (Å²) in [6.07, 6.45) is 85.5. The minimum Gasteiger partial charge on any atom is -0.466 e. The number of amides is 1. The average molecular weight is 1110 g/mol. The normalized spacial score (nSPS) is 12.5. The molecule has 0 aliphatic heterocycles. The number of ether oxygens (including phenoxy) is 1. The van der Waals surface area contributed by atoms with E-state index in [2.05, 4.69) is 31.3 Å². The fraction of sp³-hybridized carbons (Fsp3) is 0.945. The van der Waals surface area contributed by atoms with Crippen LogP contribution in [0, 0.1) is 0 Å². The molecule has 0 aromatic rings. The van der Waals surface area contributed by atoms with E-state index >= 15 is 0 Å². The van der Waals surface area contributed by atoms with Gasteiger partial charge in [0.25, 0.3) is 0 Å². The van der Waals surface area contributed by atoms with Gasteiger partial charge in [0.2, 0.25) is 5.91 Å². The van der Waals surface area contributed by atoms with E-state index < -0.39 is 12.1 Å². The van der Waals surface area contributed by atoms with Crippen molar-refractivity contribution in [1.82, 2.24) is 5.32 Å². The topological polar surface area (TPSA) is 95.9 Å². The molecule has 0 aliphatic carbocycles. The predicted octanol–water partition coefficient (Wildman–Crippen LogP) is 23.5. The summed E-state index contributed by atoms with van der Waals surface area (Å²) >= 11 is 0. The Balaban J connectivity index is 3.37. The van der Waals surface area contributed by atoms with E-state index in [0.29, 0.717) is 25.9 Å². The summed E-state index contributed by atoms with van der Waals surface area (Å²) in [6.45, 7) is 4.99. The number of aliphatic hydroxyl groups excluding tert-OH is 2. The minimum absolute atomic E-state index is 0.00678. The van der Waals surface area contributed by atoms with E-state index in [4.69, 9.17) is 4.74 Å². The van der Waals surface area contributed by atoms with Crippen molar-refractivity contribution in [3.05, 3.63) is 12.2 Å². The Kier molecular flexibility index (Phi) is 67.9. The van der Waals surface area contributed by atoms with Crippen LogP contribution in [0.25, 0.3) is 0 Å². The number of unbranched alkanes of at least 4 members (excludes halogenated alkanes) is 56. The predicted molar refractivity (Wildman–Crippen MR) is 347 cm³/mol. The van der Waals surface area contributed by atoms with Crippen molar-refractivity contribution in [1.29, 1.82) is 0 Å². The Bertz CT molecular complexity index is 1190. The Hall–Kier alpha value is -1.40. The van der Waals surface area contributed by atoms with Crippen molar-refractivity contribution in [3.8, 4) is 0 Å². The second kappa shape index (κ2) is 69.1. The maximum Gasteiger partial charge on any atom is 0.305 e. The molecule has 6 nitrogen and oxygen atoms in total. The lowest BCUT2D eigenvalue weighted by atomic mass is 10.0. The summed E-state index contributed by atoms with van der Waals surface area (Å²) in [5.41, 5.74) is 0. The molecule has 470 valence electrons. The minimum atomic E-state index is -0.666. The molecule has 0 aliphatic rings. The Morgan fingerprint density at radius 1 is 0.342 bits per heavy atom. The molecule has 2 unspecified atom stereocenters. The molecule has 79 heavy (non-hydrogen) atoms. The lowest BCUT2D eigenvalue weighted by Gasteiger charge is -2.22. The first-order valence-electron chi connectivity index (χ1n) is 36.4. The van der Waals surface area contributed by atoms with Crippen LogP contribution in [-0.2, 0) is 14.3 Å². The third kappa shape index (κ3) is 65.6. The maximum absolute atomic E-state index is 12.6. The molecule has 2 atom stereocenters. The molecular weight excluding hydrogens is 971 g/mol. The first-order valence-corrected chi connectivity index (χ1v) is 36.4. The maximum atomic E-state index is 12.6. The molecule has 1 amide bonds. The highest BCUT2D eigenvalue weighted by Gasteiger charge is 2.20. The van der Waals surface area contributed by atoms with Crippen molar-refractivity contribution in [2.75, 3.05) is 13.2 Å². The first-order chi connectivity index (χ1) is 39.0. The highest BCUT2D eigenvalue weighted by atomic mass is 16.5. The largest absolute Gasteiger partial charge is 0.466 e. The molecule has 3 N–H and O–H groups in total. The van der Waals surface area contributed by atoms with Gasteiger partial charge in [-0.25, -0.2) is 0 Å². The van der Waals surface area contributed by atoms with Crippen molar-refractivity contribution in [3.63, 3.8) is 0 Å². The molecule has 6 heteroatoms. The van der Waals surface area contributed by atoms with Gasteiger partial charge in [0.15, 0.2) is 0 Å². The van der Waals surface area contributed by atoms with Crippen LogP contribution in [0.15, 0.2) is 12.2 Å². The summed E-state index contributed by atoms with van der Waals surface area (Å²) in [5.74, 6) is -0.0228. The van der Waals surface area contributed by atoms with Gasteiger partial charge in [-0.3, -0.25) is 9.59 Å². The quantitative estimate of drug-likeness (QED) is 0.0320. The lowest BCUT2D eigenvalue weighted by Crippen LogP contribution is -2.45. The molecule has 0 saturated carbocycles. The summed E-state index contributed by atoms with van der Waals surface area (Å²) in [7, 11) is 0. The van der Waals surface area contributed by atoms with Gasteiger partial charge in [-0.05, 0) is 51.4 Å². The van der Waals surface area contributed by atoms with Gasteiger partial charge in [0.1, 0.15) is 0 Å². The molecule has 0 aromatic heterocycles. The second-order valence-corrected chi connectivity index (χ2v) is 25.3. The number of aliphatic hydroxyl groups is 2. The van der Waals surface area contributed by atoms with Crippen molar-refractivity contribution in [2.24, 2.45) is 0 Å². The van der Waals surface area contributed by atoms with Crippen LogP contribution in [0.1, 0.15) is 418 Å². The number of hydrogen-bond donors (Lipinski definition) is 3. The second-order valence-electron chi connectivity index (χ2n) is 25.3. The molecule has 0 heterocycles. The highest BCUT2D eigenvalue weighted by molar-refractivity contribution is 5.76. The van der Waals surface area contributed by atoms with E-state index in [-0.39, 0.29) is 18.5 Å². The van der Waals surface area contributed by atoms with Crippen LogP contribution in [0.2, 0.25) is 0 Å². The number of nitrogens with one attached hydrogen (secondary N) is 1. The monoisotopic (exact) mass is 1110 g/mol. The zero-order chi connectivity index (χ0) is 57.1. The fourth-order valence-electron chi connectivity index (χ4n) is 11.8. The molecule has 0 aromatic carbocycles. The van der Waals surface area contributed by atoms with Crippen molar-refractivity contribution in [2.45, 2.75) is 431 Å². The molecule has 0 rings (SSSR count). The number of rotatable bonds is 69. The molecular formula is C73H143NO5. The molecule has 0 spiro atoms. The average Bonchev–Trinajstić information content (AvgIpc) is 3.45. The van der Waals surface area contributed by atoms with Crippen LogP contribution in [0.3, 0.4) is 0 Å². The number of carbonyl (C=O) groups is 2. The van der Waals surface area contributed by atoms with Gasteiger partial charge in [0, 0.05) is 12.8 Å². The summed E-state index contributed by atoms with van der Waals surface area (Å²) in [6, 6.07) is -0.543. The van der Waals surface area contributed by atoms with E-state index in [0.717, 1.165) is 44.9 Å². The third-order valence-corrected chi connectivity index (χ3v) is 17.3. The zero-order valence-electron chi connectivity index (χ0n) is 53.9. The number of hydrogen-bond acceptors (Lipinski definition) is 5. The SMILES string of the molecule is CCCCCCCC/C=C\CCCCCCCC(=O)OCCCCCCCCCCCCCCCCCCCCCCCCC(=O)NC(CO)C(O)CCCCCCCCCCCCCCCCCCCCCCCCCCC. The number of esters is 1. The fourth-order valence-corrected chi connectivity index (χ4v) is 11.8. The molecule has 0 saturated heterocycles. The number of allylic oxidation sites excluding steroid dienone is 2. The lowest BCUT2D eigenvalue weighted by molar-refractivity contribution is -0.143. The zero-order valence-corrected chi connectivity index (χ0v) is 53.9. The van der Waals surface area contributed by atoms with Crippen LogP contribution < -0.4 is 5.32 Å². The van der Waals surface area contributed by atoms with E-state index in [1.165, 1.54) is 340 Å². The van der Waals surface area contributed by atoms with Gasteiger partial charge in [-0.2, -0.15) is 0 Å². The van der Waals surface area contributed by atoms with Gasteiger partial charge >= 0.3 is 5.97 Å². The van der Waals surface area contributed by atoms with Crippen LogP contribution in [0.5, 0.6) is 0 Å². The summed E-state index contributed by atoms with van der Waals surface area (Å²) in [5, 5.41) is 23.5. The number of carbonyl (C=O) groups excluding carboxylic acids is 2. The summed E-state index contributed by atoms with van der Waals surface area (Å²) < 4.78 is 5.49. The van der Waals surface area contributed by atoms with Crippen molar-refractivity contribution < 1.29 is 24.5 Å². The Morgan fingerprint density at radius 2 is 0.595 bits per heavy atom. The third-order valence-electron chi connectivity index (χ3n) is 17.3. The van der Waals surface area contributed by atoms with Crippen molar-refractivity contribution >= 4 is 11.9 Å². The van der Waals surface area contributed by atoms with E-state index in [1.54, 1.807) is 0 Å². The van der Waals surface area contributed by atoms with Gasteiger partial charge in [-0.1, -0.05) is 366 Å². The van der Waals surface area contributed by atoms with Crippen LogP contribution in [-0.4, -0.2) is 47.4 Å². The molecule has 0 bridgehead atoms. The smallest absolute Gasteiger partial charge is 0.305 e. The first kappa shape index (κ1) is 77.6. The standard InChI is InChI=1S/C73H143NO5/c1-3-5-7-9-11-13-15-17-19-20-21-22-23-24-25-28-31-34-38-41-45-49-53-57-61-65-71(76)70(69-75)74-72(77)66-62-58-54-50-46-42-39-35-32-29-26-27-30-33-36-40-44-48-52-56-60-64-68-79-73(78)67-63-59-55-51-47-43-37-18-16-14-12-10-8-6-4-2/h18,37,70-71,75-76H,3-17,19-36,38-69H2,1-2H3,(H,74,77)/b37-18-. The van der Waals surface area contributed by atoms with Crippen LogP contribution >= 0.6 is 0 Å². The van der Waals surface area contributed by atoms with E-state index in [1.807, 2.05) is 0 Å². The van der Waals surface area contributed by atoms with Crippen LogP contribution in [0.4, 0.5) is 0 Å². The molecule has 0 radical (unpaired) electrons. The summed E-state index contributed by atoms with van der Waals surface area (Å²) in [4.78, 5) is 24.6. The van der Waals surface area contributed by atoms with Gasteiger partial charge < -0.3 is 20.3 Å².